The second kappa shape index (κ2) is 5.99. The highest BCUT2D eigenvalue weighted by atomic mass is 16.2. The largest absolute Gasteiger partial charge is 0.342 e. The van der Waals surface area contributed by atoms with E-state index in [1.54, 1.807) is 0 Å². The highest BCUT2D eigenvalue weighted by molar-refractivity contribution is 5.81. The quantitative estimate of drug-likeness (QED) is 0.821. The molecule has 1 aliphatic heterocycles. The van der Waals surface area contributed by atoms with Crippen molar-refractivity contribution in [2.75, 3.05) is 7.05 Å². The predicted octanol–water partition coefficient (Wildman–Crippen LogP) is 3.66. The first-order valence-electron chi connectivity index (χ1n) is 8.06. The number of carbonyl (C=O) groups excluding carboxylic acids is 1. The van der Waals surface area contributed by atoms with Crippen molar-refractivity contribution in [1.82, 2.24) is 4.90 Å². The van der Waals surface area contributed by atoms with Crippen molar-refractivity contribution in [1.29, 1.82) is 0 Å². The molecule has 108 valence electrons. The summed E-state index contributed by atoms with van der Waals surface area (Å²) < 4.78 is 0. The number of amides is 1. The summed E-state index contributed by atoms with van der Waals surface area (Å²) in [5.41, 5.74) is 1.35. The van der Waals surface area contributed by atoms with E-state index >= 15 is 0 Å². The number of likely N-dealkylation sites (tertiary alicyclic amines) is 1. The molecule has 1 aromatic rings. The molecule has 1 saturated heterocycles. The summed E-state index contributed by atoms with van der Waals surface area (Å²) in [7, 11) is 2.00. The highest BCUT2D eigenvalue weighted by Gasteiger charge is 2.41. The average Bonchev–Trinajstić information content (AvgIpc) is 2.78. The van der Waals surface area contributed by atoms with Gasteiger partial charge < -0.3 is 4.90 Å². The molecule has 1 amide bonds. The molecule has 2 atom stereocenters. The van der Waals surface area contributed by atoms with E-state index in [9.17, 15) is 4.79 Å². The Hall–Kier alpha value is -1.31. The number of likely N-dealkylation sites (N-methyl/N-ethyl adjacent to an activating group) is 1. The van der Waals surface area contributed by atoms with E-state index in [-0.39, 0.29) is 0 Å². The smallest absolute Gasteiger partial charge is 0.226 e. The fraction of sp³-hybridized carbons (Fsp3) is 0.611. The van der Waals surface area contributed by atoms with Gasteiger partial charge in [-0.3, -0.25) is 4.79 Å². The van der Waals surface area contributed by atoms with Crippen LogP contribution >= 0.6 is 0 Å². The topological polar surface area (TPSA) is 20.3 Å². The molecule has 0 spiro atoms. The lowest BCUT2D eigenvalue weighted by Gasteiger charge is -2.25. The molecule has 2 heteroatoms. The average molecular weight is 271 g/mol. The highest BCUT2D eigenvalue weighted by Crippen LogP contribution is 2.38. The number of carbonyl (C=O) groups is 1. The van der Waals surface area contributed by atoms with Crippen molar-refractivity contribution in [3.05, 3.63) is 35.9 Å². The number of hydrogen-bond donors (Lipinski definition) is 0. The zero-order chi connectivity index (χ0) is 13.9. The van der Waals surface area contributed by atoms with Crippen molar-refractivity contribution < 1.29 is 4.79 Å². The Morgan fingerprint density at radius 2 is 1.80 bits per heavy atom. The summed E-state index contributed by atoms with van der Waals surface area (Å²) in [4.78, 5) is 14.6. The third-order valence-corrected chi connectivity index (χ3v) is 5.27. The Balaban J connectivity index is 1.67. The van der Waals surface area contributed by atoms with Gasteiger partial charge in [0.25, 0.3) is 0 Å². The lowest BCUT2D eigenvalue weighted by molar-refractivity contribution is -0.132. The van der Waals surface area contributed by atoms with Crippen LogP contribution < -0.4 is 0 Å². The van der Waals surface area contributed by atoms with Gasteiger partial charge in [0.05, 0.1) is 0 Å². The molecule has 2 aliphatic rings. The maximum absolute atomic E-state index is 12.5. The zero-order valence-electron chi connectivity index (χ0n) is 12.4. The third-order valence-electron chi connectivity index (χ3n) is 5.27. The normalized spacial score (nSPS) is 28.1. The molecular formula is C18H25NO. The Morgan fingerprint density at radius 3 is 2.50 bits per heavy atom. The molecule has 3 rings (SSSR count). The fourth-order valence-corrected chi connectivity index (χ4v) is 4.03. The van der Waals surface area contributed by atoms with Gasteiger partial charge in [-0.05, 0) is 37.2 Å². The van der Waals surface area contributed by atoms with Gasteiger partial charge in [-0.25, -0.2) is 0 Å². The van der Waals surface area contributed by atoms with Crippen LogP contribution in [0.25, 0.3) is 0 Å². The summed E-state index contributed by atoms with van der Waals surface area (Å²) in [5.74, 6) is 1.35. The number of rotatable bonds is 3. The molecule has 1 heterocycles. The Labute approximate surface area is 122 Å². The minimum absolute atomic E-state index is 0.300. The molecule has 1 aromatic carbocycles. The second-order valence-electron chi connectivity index (χ2n) is 6.53. The van der Waals surface area contributed by atoms with Crippen LogP contribution in [0.1, 0.15) is 44.1 Å². The summed E-state index contributed by atoms with van der Waals surface area (Å²) in [5, 5.41) is 0. The Kier molecular flexibility index (Phi) is 4.09. The van der Waals surface area contributed by atoms with Crippen molar-refractivity contribution >= 4 is 5.91 Å². The van der Waals surface area contributed by atoms with Gasteiger partial charge in [-0.2, -0.15) is 0 Å². The van der Waals surface area contributed by atoms with Gasteiger partial charge in [-0.15, -0.1) is 0 Å². The van der Waals surface area contributed by atoms with E-state index in [0.29, 0.717) is 23.8 Å². The van der Waals surface area contributed by atoms with Crippen LogP contribution in [0.4, 0.5) is 0 Å². The van der Waals surface area contributed by atoms with Crippen LogP contribution in [0.2, 0.25) is 0 Å². The van der Waals surface area contributed by atoms with Crippen molar-refractivity contribution in [2.45, 2.75) is 51.0 Å². The number of hydrogen-bond acceptors (Lipinski definition) is 1. The first-order valence-corrected chi connectivity index (χ1v) is 8.06. The molecule has 1 aliphatic carbocycles. The second-order valence-corrected chi connectivity index (χ2v) is 6.53. The summed E-state index contributed by atoms with van der Waals surface area (Å²) in [6, 6.07) is 11.0. The summed E-state index contributed by atoms with van der Waals surface area (Å²) in [6.45, 7) is 0. The third kappa shape index (κ3) is 2.74. The van der Waals surface area contributed by atoms with E-state index in [1.165, 1.54) is 37.7 Å². The van der Waals surface area contributed by atoms with Gasteiger partial charge >= 0.3 is 0 Å². The number of benzene rings is 1. The maximum Gasteiger partial charge on any atom is 0.226 e. The van der Waals surface area contributed by atoms with Gasteiger partial charge in [0, 0.05) is 19.0 Å². The molecule has 0 N–H and O–H groups in total. The Bertz CT molecular complexity index is 450. The molecular weight excluding hydrogens is 246 g/mol. The van der Waals surface area contributed by atoms with Crippen LogP contribution in [0.15, 0.2) is 30.3 Å². The SMILES string of the molecule is CN1C(=O)C(C2CCCCC2)C[C@@H]1Cc1ccccc1. The monoisotopic (exact) mass is 271 g/mol. The molecule has 20 heavy (non-hydrogen) atoms. The molecule has 0 radical (unpaired) electrons. The minimum atomic E-state index is 0.300. The predicted molar refractivity (Wildman–Crippen MR) is 81.4 cm³/mol. The minimum Gasteiger partial charge on any atom is -0.342 e. The van der Waals surface area contributed by atoms with E-state index in [1.807, 2.05) is 11.9 Å². The fourth-order valence-electron chi connectivity index (χ4n) is 4.03. The zero-order valence-corrected chi connectivity index (χ0v) is 12.4. The maximum atomic E-state index is 12.5. The molecule has 1 saturated carbocycles. The van der Waals surface area contributed by atoms with Crippen LogP contribution in [-0.2, 0) is 11.2 Å². The van der Waals surface area contributed by atoms with Crippen LogP contribution in [0.3, 0.4) is 0 Å². The van der Waals surface area contributed by atoms with E-state index < -0.39 is 0 Å². The van der Waals surface area contributed by atoms with E-state index in [4.69, 9.17) is 0 Å². The van der Waals surface area contributed by atoms with Crippen LogP contribution in [-0.4, -0.2) is 23.9 Å². The Morgan fingerprint density at radius 1 is 1.10 bits per heavy atom. The van der Waals surface area contributed by atoms with Crippen molar-refractivity contribution in [3.63, 3.8) is 0 Å². The lowest BCUT2D eigenvalue weighted by atomic mass is 9.78. The van der Waals surface area contributed by atoms with Gasteiger partial charge in [0.1, 0.15) is 0 Å². The van der Waals surface area contributed by atoms with E-state index in [0.717, 1.165) is 12.8 Å². The van der Waals surface area contributed by atoms with Gasteiger partial charge in [0.15, 0.2) is 0 Å². The van der Waals surface area contributed by atoms with Gasteiger partial charge in [-0.1, -0.05) is 49.6 Å². The first-order chi connectivity index (χ1) is 9.75. The van der Waals surface area contributed by atoms with Crippen LogP contribution in [0.5, 0.6) is 0 Å². The summed E-state index contributed by atoms with van der Waals surface area (Å²) in [6.07, 6.45) is 8.61. The van der Waals surface area contributed by atoms with Crippen molar-refractivity contribution in [3.8, 4) is 0 Å². The van der Waals surface area contributed by atoms with E-state index in [2.05, 4.69) is 30.3 Å². The summed E-state index contributed by atoms with van der Waals surface area (Å²) >= 11 is 0. The standard InChI is InChI=1S/C18H25NO/c1-19-16(12-14-8-4-2-5-9-14)13-17(18(19)20)15-10-6-3-7-11-15/h2,4-5,8-9,15-17H,3,6-7,10-13H2,1H3/t16-,17?/m0/s1. The van der Waals surface area contributed by atoms with Crippen LogP contribution in [0, 0.1) is 11.8 Å². The number of nitrogens with zero attached hydrogens (tertiary/aromatic N) is 1. The molecule has 2 fully saturated rings. The molecule has 2 nitrogen and oxygen atoms in total. The lowest BCUT2D eigenvalue weighted by Crippen LogP contribution is -2.32. The first kappa shape index (κ1) is 13.7. The molecule has 1 unspecified atom stereocenters. The molecule has 0 aromatic heterocycles. The van der Waals surface area contributed by atoms with Crippen molar-refractivity contribution in [2.24, 2.45) is 11.8 Å². The molecule has 0 bridgehead atoms. The van der Waals surface area contributed by atoms with Gasteiger partial charge in [0.2, 0.25) is 5.91 Å².